The van der Waals surface area contributed by atoms with Gasteiger partial charge in [-0.3, -0.25) is 4.79 Å². The maximum absolute atomic E-state index is 12.6. The van der Waals surface area contributed by atoms with Crippen LogP contribution in [0.1, 0.15) is 28.8 Å². The maximum atomic E-state index is 12.6. The predicted molar refractivity (Wildman–Crippen MR) is 82.7 cm³/mol. The minimum absolute atomic E-state index is 0.0712. The van der Waals surface area contributed by atoms with E-state index in [4.69, 9.17) is 10.00 Å². The van der Waals surface area contributed by atoms with Gasteiger partial charge in [0.1, 0.15) is 12.4 Å². The van der Waals surface area contributed by atoms with Gasteiger partial charge in [0.05, 0.1) is 18.2 Å². The number of likely N-dealkylation sites (tertiary alicyclic amines) is 1. The van der Waals surface area contributed by atoms with E-state index >= 15 is 0 Å². The third kappa shape index (κ3) is 3.64. The highest BCUT2D eigenvalue weighted by Gasteiger charge is 2.26. The molecule has 1 unspecified atom stereocenters. The summed E-state index contributed by atoms with van der Waals surface area (Å²) in [5.41, 5.74) is 1.02. The average molecular weight is 308 g/mol. The molecule has 1 aliphatic rings. The summed E-state index contributed by atoms with van der Waals surface area (Å²) < 4.78 is 5.82. The normalized spacial score (nSPS) is 17.3. The first kappa shape index (κ1) is 15.0. The van der Waals surface area contributed by atoms with Gasteiger partial charge in [0.15, 0.2) is 0 Å². The zero-order valence-corrected chi connectivity index (χ0v) is 12.6. The number of nitriles is 1. The van der Waals surface area contributed by atoms with Crippen molar-refractivity contribution in [2.45, 2.75) is 18.9 Å². The number of amides is 1. The molecule has 0 N–H and O–H groups in total. The van der Waals surface area contributed by atoms with Crippen LogP contribution in [0.25, 0.3) is 0 Å². The Kier molecular flexibility index (Phi) is 4.48. The van der Waals surface area contributed by atoms with Crippen molar-refractivity contribution in [1.82, 2.24) is 14.9 Å². The van der Waals surface area contributed by atoms with Gasteiger partial charge in [0, 0.05) is 24.4 Å². The van der Waals surface area contributed by atoms with Crippen LogP contribution in [0.15, 0.2) is 42.9 Å². The molecule has 2 aromatic rings. The molecule has 0 bridgehead atoms. The second-order valence-corrected chi connectivity index (χ2v) is 5.37. The molecule has 3 rings (SSSR count). The van der Waals surface area contributed by atoms with E-state index in [1.807, 2.05) is 0 Å². The minimum Gasteiger partial charge on any atom is -0.472 e. The van der Waals surface area contributed by atoms with Crippen LogP contribution < -0.4 is 4.74 Å². The van der Waals surface area contributed by atoms with Crippen molar-refractivity contribution in [1.29, 1.82) is 5.26 Å². The third-order valence-electron chi connectivity index (χ3n) is 3.75. The summed E-state index contributed by atoms with van der Waals surface area (Å²) in [6, 6.07) is 10.5. The third-order valence-corrected chi connectivity index (χ3v) is 3.75. The van der Waals surface area contributed by atoms with Crippen molar-refractivity contribution in [2.24, 2.45) is 0 Å². The summed E-state index contributed by atoms with van der Waals surface area (Å²) in [4.78, 5) is 22.3. The van der Waals surface area contributed by atoms with E-state index in [1.165, 1.54) is 6.33 Å². The van der Waals surface area contributed by atoms with Gasteiger partial charge >= 0.3 is 0 Å². The highest BCUT2D eigenvalue weighted by Crippen LogP contribution is 2.18. The number of piperidine rings is 1. The van der Waals surface area contributed by atoms with Crippen LogP contribution in [0.4, 0.5) is 0 Å². The number of nitrogens with zero attached hydrogens (tertiary/aromatic N) is 4. The molecule has 0 saturated carbocycles. The highest BCUT2D eigenvalue weighted by molar-refractivity contribution is 5.94. The Hall–Kier alpha value is -2.94. The van der Waals surface area contributed by atoms with Crippen LogP contribution in [0, 0.1) is 11.3 Å². The summed E-state index contributed by atoms with van der Waals surface area (Å²) in [5.74, 6) is 0.448. The molecule has 6 nitrogen and oxygen atoms in total. The minimum atomic E-state index is -0.0817. The summed E-state index contributed by atoms with van der Waals surface area (Å²) >= 11 is 0. The Morgan fingerprint density at radius 3 is 3.09 bits per heavy atom. The van der Waals surface area contributed by atoms with Crippen LogP contribution in [0.2, 0.25) is 0 Å². The van der Waals surface area contributed by atoms with Gasteiger partial charge in [0.25, 0.3) is 5.91 Å². The molecule has 0 aliphatic carbocycles. The molecule has 1 saturated heterocycles. The molecule has 1 amide bonds. The average Bonchev–Trinajstić information content (AvgIpc) is 2.62. The Labute approximate surface area is 134 Å². The molecule has 1 aromatic carbocycles. The number of aromatic nitrogens is 2. The monoisotopic (exact) mass is 308 g/mol. The largest absolute Gasteiger partial charge is 0.472 e. The van der Waals surface area contributed by atoms with Crippen molar-refractivity contribution in [3.8, 4) is 11.9 Å². The number of hydrogen-bond donors (Lipinski definition) is 0. The molecular formula is C17H16N4O2. The first-order chi connectivity index (χ1) is 11.3. The summed E-state index contributed by atoms with van der Waals surface area (Å²) in [5, 5.41) is 8.95. The molecule has 2 heterocycles. The van der Waals surface area contributed by atoms with Gasteiger partial charge in [-0.15, -0.1) is 0 Å². The lowest BCUT2D eigenvalue weighted by Crippen LogP contribution is -2.44. The number of carbonyl (C=O) groups is 1. The second-order valence-electron chi connectivity index (χ2n) is 5.37. The predicted octanol–water partition coefficient (Wildman–Crippen LogP) is 2.03. The molecule has 1 atom stereocenters. The number of hydrogen-bond acceptors (Lipinski definition) is 5. The van der Waals surface area contributed by atoms with E-state index in [1.54, 1.807) is 41.4 Å². The van der Waals surface area contributed by atoms with Crippen LogP contribution in [0.5, 0.6) is 5.88 Å². The number of carbonyl (C=O) groups excluding carboxylic acids is 1. The lowest BCUT2D eigenvalue weighted by Gasteiger charge is -2.32. The molecule has 1 aliphatic heterocycles. The molecule has 1 aromatic heterocycles. The van der Waals surface area contributed by atoms with Gasteiger partial charge in [0.2, 0.25) is 5.88 Å². The standard InChI is InChI=1S/C17H16N4O2/c18-10-13-3-1-4-14(9-13)17(22)21-8-2-5-15(11-21)23-16-6-7-19-12-20-16/h1,3-4,6-7,9,12,15H,2,5,8,11H2. The quantitative estimate of drug-likeness (QED) is 0.867. The number of benzene rings is 1. The van der Waals surface area contributed by atoms with Crippen molar-refractivity contribution in [3.63, 3.8) is 0 Å². The van der Waals surface area contributed by atoms with E-state index in [-0.39, 0.29) is 12.0 Å². The Morgan fingerprint density at radius 2 is 2.30 bits per heavy atom. The van der Waals surface area contributed by atoms with Crippen LogP contribution >= 0.6 is 0 Å². The van der Waals surface area contributed by atoms with Crippen molar-refractivity contribution in [2.75, 3.05) is 13.1 Å². The first-order valence-electron chi connectivity index (χ1n) is 7.48. The van der Waals surface area contributed by atoms with Crippen LogP contribution in [-0.4, -0.2) is 40.0 Å². The number of rotatable bonds is 3. The lowest BCUT2D eigenvalue weighted by molar-refractivity contribution is 0.0527. The molecule has 23 heavy (non-hydrogen) atoms. The van der Waals surface area contributed by atoms with Crippen LogP contribution in [-0.2, 0) is 0 Å². The van der Waals surface area contributed by atoms with E-state index in [0.29, 0.717) is 30.1 Å². The molecule has 116 valence electrons. The zero-order valence-electron chi connectivity index (χ0n) is 12.6. The first-order valence-corrected chi connectivity index (χ1v) is 7.48. The van der Waals surface area contributed by atoms with Gasteiger partial charge in [-0.25, -0.2) is 9.97 Å². The smallest absolute Gasteiger partial charge is 0.254 e. The van der Waals surface area contributed by atoms with Gasteiger partial charge in [-0.05, 0) is 31.0 Å². The van der Waals surface area contributed by atoms with Crippen molar-refractivity contribution >= 4 is 5.91 Å². The highest BCUT2D eigenvalue weighted by atomic mass is 16.5. The summed E-state index contributed by atoms with van der Waals surface area (Å²) in [7, 11) is 0. The Balaban J connectivity index is 1.68. The molecule has 0 spiro atoms. The van der Waals surface area contributed by atoms with Gasteiger partial charge < -0.3 is 9.64 Å². The number of ether oxygens (including phenoxy) is 1. The Morgan fingerprint density at radius 1 is 1.39 bits per heavy atom. The summed E-state index contributed by atoms with van der Waals surface area (Å²) in [6.07, 6.45) is 4.74. The zero-order chi connectivity index (χ0) is 16.1. The van der Waals surface area contributed by atoms with Crippen molar-refractivity contribution in [3.05, 3.63) is 54.0 Å². The molecule has 1 fully saturated rings. The van der Waals surface area contributed by atoms with E-state index in [0.717, 1.165) is 12.8 Å². The van der Waals surface area contributed by atoms with E-state index in [2.05, 4.69) is 16.0 Å². The van der Waals surface area contributed by atoms with Crippen molar-refractivity contribution < 1.29 is 9.53 Å². The van der Waals surface area contributed by atoms with E-state index < -0.39 is 0 Å². The maximum Gasteiger partial charge on any atom is 0.254 e. The van der Waals surface area contributed by atoms with E-state index in [9.17, 15) is 4.79 Å². The topological polar surface area (TPSA) is 79.1 Å². The molecular weight excluding hydrogens is 292 g/mol. The van der Waals surface area contributed by atoms with Crippen LogP contribution in [0.3, 0.4) is 0 Å². The Bertz CT molecular complexity index is 727. The SMILES string of the molecule is N#Cc1cccc(C(=O)N2CCCC(Oc3ccncn3)C2)c1. The fourth-order valence-corrected chi connectivity index (χ4v) is 2.64. The summed E-state index contributed by atoms with van der Waals surface area (Å²) in [6.45, 7) is 1.21. The fourth-order valence-electron chi connectivity index (χ4n) is 2.64. The van der Waals surface area contributed by atoms with Gasteiger partial charge in [-0.1, -0.05) is 6.07 Å². The molecule has 0 radical (unpaired) electrons. The van der Waals surface area contributed by atoms with Gasteiger partial charge in [-0.2, -0.15) is 5.26 Å². The lowest BCUT2D eigenvalue weighted by atomic mass is 10.1. The molecule has 6 heteroatoms. The second kappa shape index (κ2) is 6.88. The fraction of sp³-hybridized carbons (Fsp3) is 0.294.